The number of nitrogens with zero attached hydrogens (tertiary/aromatic N) is 2. The van der Waals surface area contributed by atoms with Gasteiger partial charge in [-0.15, -0.1) is 0 Å². The smallest absolute Gasteiger partial charge is 0.389 e. The number of alkyl halides is 3. The van der Waals surface area contributed by atoms with Crippen LogP contribution in [-0.4, -0.2) is 90.7 Å². The molecule has 0 aromatic heterocycles. The Hall–Kier alpha value is -1.68. The summed E-state index contributed by atoms with van der Waals surface area (Å²) in [6, 6.07) is 10.2. The first-order valence-electron chi connectivity index (χ1n) is 12.8. The minimum Gasteiger partial charge on any atom is -0.389 e. The first-order valence-corrected chi connectivity index (χ1v) is 12.8. The van der Waals surface area contributed by atoms with Crippen molar-refractivity contribution in [2.75, 3.05) is 39.4 Å². The van der Waals surface area contributed by atoms with Gasteiger partial charge in [0.15, 0.2) is 0 Å². The number of amides is 1. The number of aliphatic hydroxyl groups is 1. The molecule has 4 atom stereocenters. The molecule has 3 saturated heterocycles. The summed E-state index contributed by atoms with van der Waals surface area (Å²) < 4.78 is 50.3. The fourth-order valence-electron chi connectivity index (χ4n) is 5.63. The van der Waals surface area contributed by atoms with Gasteiger partial charge >= 0.3 is 6.18 Å². The van der Waals surface area contributed by atoms with Crippen LogP contribution in [-0.2, 0) is 20.7 Å². The molecule has 4 rings (SSSR count). The standard InChI is InChI=1S/C26H37F3N2O4/c27-26(28,29)10-13-31-16-21(32)17-34-18-24-23(31)7-6-22(35-24)15-25(33)30-11-8-20(9-12-30)14-19-4-2-1-3-5-19/h1-5,20-24,32H,6-18H2/t21-,22-,23-,24+/m1/s1. The number of piperidine rings is 1. The Morgan fingerprint density at radius 3 is 2.51 bits per heavy atom. The minimum atomic E-state index is -4.25. The monoisotopic (exact) mass is 498 g/mol. The molecule has 3 aliphatic rings. The third-order valence-electron chi connectivity index (χ3n) is 7.51. The largest absolute Gasteiger partial charge is 0.390 e. The number of ether oxygens (including phenoxy) is 2. The van der Waals surface area contributed by atoms with Crippen LogP contribution < -0.4 is 0 Å². The van der Waals surface area contributed by atoms with Gasteiger partial charge < -0.3 is 19.5 Å². The zero-order valence-electron chi connectivity index (χ0n) is 20.2. The maximum atomic E-state index is 13.0. The quantitative estimate of drug-likeness (QED) is 0.652. The number of aliphatic hydroxyl groups excluding tert-OH is 1. The van der Waals surface area contributed by atoms with E-state index in [0.29, 0.717) is 18.8 Å². The first-order chi connectivity index (χ1) is 16.8. The van der Waals surface area contributed by atoms with Crippen molar-refractivity contribution in [1.29, 1.82) is 0 Å². The lowest BCUT2D eigenvalue weighted by Gasteiger charge is -2.45. The van der Waals surface area contributed by atoms with E-state index in [4.69, 9.17) is 9.47 Å². The van der Waals surface area contributed by atoms with Gasteiger partial charge in [-0.3, -0.25) is 9.69 Å². The number of carbonyl (C=O) groups excluding carboxylic acids is 1. The summed E-state index contributed by atoms with van der Waals surface area (Å²) in [4.78, 5) is 16.6. The molecule has 9 heteroatoms. The van der Waals surface area contributed by atoms with Gasteiger partial charge in [-0.1, -0.05) is 30.3 Å². The molecule has 3 heterocycles. The topological polar surface area (TPSA) is 62.2 Å². The number of halogens is 3. The number of likely N-dealkylation sites (tertiary alicyclic amines) is 1. The van der Waals surface area contributed by atoms with E-state index in [-0.39, 0.29) is 50.8 Å². The van der Waals surface area contributed by atoms with Crippen LogP contribution in [0.3, 0.4) is 0 Å². The fraction of sp³-hybridized carbons (Fsp3) is 0.731. The van der Waals surface area contributed by atoms with Crippen LogP contribution >= 0.6 is 0 Å². The number of carbonyl (C=O) groups is 1. The van der Waals surface area contributed by atoms with E-state index < -0.39 is 24.8 Å². The van der Waals surface area contributed by atoms with Crippen LogP contribution in [0.25, 0.3) is 0 Å². The molecule has 0 bridgehead atoms. The lowest BCUT2D eigenvalue weighted by molar-refractivity contribution is -0.171. The Labute approximate surface area is 205 Å². The zero-order chi connectivity index (χ0) is 24.8. The Morgan fingerprint density at radius 1 is 1.06 bits per heavy atom. The maximum Gasteiger partial charge on any atom is 0.390 e. The second kappa shape index (κ2) is 12.0. The maximum absolute atomic E-state index is 13.0. The van der Waals surface area contributed by atoms with Crippen molar-refractivity contribution < 1.29 is 32.5 Å². The van der Waals surface area contributed by atoms with E-state index >= 15 is 0 Å². The second-order valence-corrected chi connectivity index (χ2v) is 10.2. The first kappa shape index (κ1) is 26.4. The lowest BCUT2D eigenvalue weighted by atomic mass is 9.89. The fourth-order valence-corrected chi connectivity index (χ4v) is 5.63. The molecule has 35 heavy (non-hydrogen) atoms. The predicted octanol–water partition coefficient (Wildman–Crippen LogP) is 3.42. The molecule has 1 aromatic rings. The number of benzene rings is 1. The summed E-state index contributed by atoms with van der Waals surface area (Å²) in [5.74, 6) is 0.668. The van der Waals surface area contributed by atoms with Gasteiger partial charge in [0.05, 0.1) is 44.4 Å². The molecule has 6 nitrogen and oxygen atoms in total. The van der Waals surface area contributed by atoms with Crippen LogP contribution in [0.5, 0.6) is 0 Å². The highest BCUT2D eigenvalue weighted by atomic mass is 19.4. The molecule has 1 amide bonds. The molecule has 0 unspecified atom stereocenters. The van der Waals surface area contributed by atoms with Crippen LogP contribution in [0, 0.1) is 5.92 Å². The summed E-state index contributed by atoms with van der Waals surface area (Å²) in [5, 5.41) is 10.1. The highest BCUT2D eigenvalue weighted by Crippen LogP contribution is 2.30. The third kappa shape index (κ3) is 7.90. The summed E-state index contributed by atoms with van der Waals surface area (Å²) >= 11 is 0. The van der Waals surface area contributed by atoms with Crippen molar-refractivity contribution in [2.24, 2.45) is 5.92 Å². The molecule has 0 spiro atoms. The average molecular weight is 499 g/mol. The van der Waals surface area contributed by atoms with Crippen LogP contribution in [0.1, 0.15) is 44.1 Å². The van der Waals surface area contributed by atoms with Crippen LogP contribution in [0.4, 0.5) is 13.2 Å². The van der Waals surface area contributed by atoms with E-state index in [1.807, 2.05) is 11.0 Å². The van der Waals surface area contributed by atoms with Crippen molar-refractivity contribution in [3.05, 3.63) is 35.9 Å². The molecule has 1 aromatic carbocycles. The molecular weight excluding hydrogens is 461 g/mol. The SMILES string of the molecule is O=C(C[C@H]1CC[C@@H]2[C@H](COC[C@H](O)CN2CCC(F)(F)F)O1)N1CCC(Cc2ccccc2)CC1. The van der Waals surface area contributed by atoms with Crippen molar-refractivity contribution in [3.8, 4) is 0 Å². The molecule has 3 fully saturated rings. The Bertz CT molecular complexity index is 802. The number of β-amino-alcohol motifs (C(OH)–C–C–N with tert-alkyl or cyclic N) is 1. The predicted molar refractivity (Wildman–Crippen MR) is 125 cm³/mol. The van der Waals surface area contributed by atoms with Gasteiger partial charge in [-0.2, -0.15) is 13.2 Å². The normalized spacial score (nSPS) is 29.3. The highest BCUT2D eigenvalue weighted by molar-refractivity contribution is 5.76. The zero-order valence-corrected chi connectivity index (χ0v) is 20.2. The molecule has 196 valence electrons. The molecular formula is C26H37F3N2O4. The van der Waals surface area contributed by atoms with E-state index in [1.165, 1.54) is 5.56 Å². The van der Waals surface area contributed by atoms with E-state index in [2.05, 4.69) is 24.3 Å². The number of fused-ring (bicyclic) bond motifs is 1. The van der Waals surface area contributed by atoms with Gasteiger partial charge in [-0.05, 0) is 43.6 Å². The molecule has 3 aliphatic heterocycles. The average Bonchev–Trinajstić information content (AvgIpc) is 2.81. The van der Waals surface area contributed by atoms with Gasteiger partial charge in [0.2, 0.25) is 5.91 Å². The van der Waals surface area contributed by atoms with E-state index in [9.17, 15) is 23.1 Å². The summed E-state index contributed by atoms with van der Waals surface area (Å²) in [5.41, 5.74) is 1.33. The highest BCUT2D eigenvalue weighted by Gasteiger charge is 2.40. The number of rotatable bonds is 6. The van der Waals surface area contributed by atoms with Crippen molar-refractivity contribution in [1.82, 2.24) is 9.80 Å². The van der Waals surface area contributed by atoms with Crippen molar-refractivity contribution >= 4 is 5.91 Å². The molecule has 0 saturated carbocycles. The van der Waals surface area contributed by atoms with Crippen LogP contribution in [0.2, 0.25) is 0 Å². The molecule has 1 N–H and O–H groups in total. The second-order valence-electron chi connectivity index (χ2n) is 10.2. The van der Waals surface area contributed by atoms with E-state index in [1.54, 1.807) is 4.90 Å². The number of hydrogen-bond acceptors (Lipinski definition) is 5. The third-order valence-corrected chi connectivity index (χ3v) is 7.51. The van der Waals surface area contributed by atoms with Gasteiger partial charge in [0, 0.05) is 32.2 Å². The lowest BCUT2D eigenvalue weighted by Crippen LogP contribution is -2.56. The van der Waals surface area contributed by atoms with Crippen molar-refractivity contribution in [2.45, 2.75) is 75.5 Å². The Balaban J connectivity index is 1.26. The van der Waals surface area contributed by atoms with E-state index in [0.717, 1.165) is 32.4 Å². The van der Waals surface area contributed by atoms with Gasteiger partial charge in [-0.25, -0.2) is 0 Å². The minimum absolute atomic E-state index is 0.0661. The van der Waals surface area contributed by atoms with Crippen LogP contribution in [0.15, 0.2) is 30.3 Å². The summed E-state index contributed by atoms with van der Waals surface area (Å²) in [6.45, 7) is 1.73. The number of hydrogen-bond donors (Lipinski definition) is 1. The van der Waals surface area contributed by atoms with Gasteiger partial charge in [0.1, 0.15) is 0 Å². The summed E-state index contributed by atoms with van der Waals surface area (Å²) in [7, 11) is 0. The Morgan fingerprint density at radius 2 is 1.80 bits per heavy atom. The van der Waals surface area contributed by atoms with Crippen molar-refractivity contribution in [3.63, 3.8) is 0 Å². The summed E-state index contributed by atoms with van der Waals surface area (Å²) in [6.07, 6.45) is -2.14. The molecule has 0 radical (unpaired) electrons. The Kier molecular flexibility index (Phi) is 9.07. The molecule has 0 aliphatic carbocycles. The van der Waals surface area contributed by atoms with Gasteiger partial charge in [0.25, 0.3) is 0 Å².